The second kappa shape index (κ2) is 10.8. The lowest BCUT2D eigenvalue weighted by Crippen LogP contribution is -2.32. The number of aryl methyl sites for hydroxylation is 1. The Labute approximate surface area is 189 Å². The van der Waals surface area contributed by atoms with Crippen LogP contribution in [-0.2, 0) is 17.0 Å². The number of hydrogen-bond acceptors (Lipinski definition) is 8. The Balaban J connectivity index is 1.56. The van der Waals surface area contributed by atoms with Crippen molar-refractivity contribution in [2.24, 2.45) is 0 Å². The molecule has 30 heavy (non-hydrogen) atoms. The van der Waals surface area contributed by atoms with Gasteiger partial charge >= 0.3 is 0 Å². The first-order valence-electron chi connectivity index (χ1n) is 9.83. The summed E-state index contributed by atoms with van der Waals surface area (Å²) < 4.78 is 1.45. The smallest absolute Gasteiger partial charge is 0.233 e. The lowest BCUT2D eigenvalue weighted by Gasteiger charge is -2.17. The van der Waals surface area contributed by atoms with E-state index in [4.69, 9.17) is 10.8 Å². The molecule has 0 radical (unpaired) electrons. The summed E-state index contributed by atoms with van der Waals surface area (Å²) in [5.41, 5.74) is 3.43. The van der Waals surface area contributed by atoms with Crippen LogP contribution in [0.1, 0.15) is 32.0 Å². The number of nitrogen functional groups attached to an aromatic ring is 1. The molecule has 0 saturated heterocycles. The maximum Gasteiger partial charge on any atom is 0.233 e. The normalized spacial score (nSPS) is 11.0. The van der Waals surface area contributed by atoms with Gasteiger partial charge in [0.1, 0.15) is 5.01 Å². The Bertz CT molecular complexity index is 965. The number of nitrogens with two attached hydrogens (primary N) is 1. The third kappa shape index (κ3) is 5.55. The van der Waals surface area contributed by atoms with Gasteiger partial charge in [-0.15, -0.1) is 21.5 Å². The highest BCUT2D eigenvalue weighted by Crippen LogP contribution is 2.28. The number of thioether (sulfide) groups is 2. The third-order valence-electron chi connectivity index (χ3n) is 4.58. The minimum absolute atomic E-state index is 0.0733. The van der Waals surface area contributed by atoms with Gasteiger partial charge in [-0.3, -0.25) is 4.79 Å². The molecule has 2 aromatic heterocycles. The Morgan fingerprint density at radius 3 is 2.40 bits per heavy atom. The van der Waals surface area contributed by atoms with Crippen LogP contribution in [0.5, 0.6) is 0 Å². The molecule has 0 aliphatic heterocycles. The van der Waals surface area contributed by atoms with E-state index in [0.29, 0.717) is 34.9 Å². The van der Waals surface area contributed by atoms with Crippen molar-refractivity contribution in [1.82, 2.24) is 24.8 Å². The Kier molecular flexibility index (Phi) is 8.17. The van der Waals surface area contributed by atoms with Gasteiger partial charge in [0.05, 0.1) is 11.4 Å². The van der Waals surface area contributed by atoms with E-state index < -0.39 is 0 Å². The molecule has 2 N–H and O–H groups in total. The van der Waals surface area contributed by atoms with Crippen LogP contribution in [0.15, 0.2) is 40.0 Å². The molecule has 0 fully saturated rings. The minimum atomic E-state index is 0.0733. The van der Waals surface area contributed by atoms with E-state index >= 15 is 0 Å². The van der Waals surface area contributed by atoms with Crippen LogP contribution < -0.4 is 5.84 Å². The molecular formula is C20H26N6OS3. The van der Waals surface area contributed by atoms with E-state index in [0.717, 1.165) is 22.7 Å². The summed E-state index contributed by atoms with van der Waals surface area (Å²) in [7, 11) is 0. The van der Waals surface area contributed by atoms with Crippen LogP contribution in [0.4, 0.5) is 0 Å². The summed E-state index contributed by atoms with van der Waals surface area (Å²) in [5.74, 6) is 7.15. The summed E-state index contributed by atoms with van der Waals surface area (Å²) in [4.78, 5) is 18.7. The molecule has 0 unspecified atom stereocenters. The Morgan fingerprint density at radius 1 is 1.10 bits per heavy atom. The number of carbonyl (C=O) groups is 1. The summed E-state index contributed by atoms with van der Waals surface area (Å²) >= 11 is 4.43. The standard InChI is InChI=1S/C20H26N6OS3/c1-4-14-7-9-15(10-8-14)18-22-16(11-28-18)12-29-19-23-24-20(26(19)21)30-13-17(27)25(5-2)6-3/h7-11H,4-6,12-13,21H2,1-3H3. The molecule has 0 aliphatic carbocycles. The van der Waals surface area contributed by atoms with Crippen LogP contribution in [0.3, 0.4) is 0 Å². The SMILES string of the molecule is CCc1ccc(-c2nc(CSc3nnc(SCC(=O)N(CC)CC)n3N)cs2)cc1. The van der Waals surface area contributed by atoms with Crippen molar-refractivity contribution >= 4 is 40.8 Å². The van der Waals surface area contributed by atoms with Crippen molar-refractivity contribution < 1.29 is 4.79 Å². The Hall–Kier alpha value is -2.04. The van der Waals surface area contributed by atoms with Crippen molar-refractivity contribution in [3.05, 3.63) is 40.9 Å². The maximum atomic E-state index is 12.2. The molecule has 0 aliphatic rings. The second-order valence-electron chi connectivity index (χ2n) is 6.47. The van der Waals surface area contributed by atoms with Crippen LogP contribution in [0, 0.1) is 0 Å². The van der Waals surface area contributed by atoms with E-state index in [-0.39, 0.29) is 5.91 Å². The highest BCUT2D eigenvalue weighted by molar-refractivity contribution is 8.00. The molecule has 3 rings (SSSR count). The zero-order valence-corrected chi connectivity index (χ0v) is 19.8. The maximum absolute atomic E-state index is 12.2. The minimum Gasteiger partial charge on any atom is -0.343 e. The number of amides is 1. The fourth-order valence-corrected chi connectivity index (χ4v) is 5.28. The molecule has 1 aromatic carbocycles. The number of carbonyl (C=O) groups excluding carboxylic acids is 1. The van der Waals surface area contributed by atoms with Crippen molar-refractivity contribution in [2.45, 2.75) is 43.3 Å². The van der Waals surface area contributed by atoms with Gasteiger partial charge in [-0.05, 0) is 25.8 Å². The fraction of sp³-hybridized carbons (Fsp3) is 0.400. The first kappa shape index (κ1) is 22.6. The van der Waals surface area contributed by atoms with Crippen LogP contribution in [0.25, 0.3) is 10.6 Å². The average Bonchev–Trinajstić information content (AvgIpc) is 3.38. The quantitative estimate of drug-likeness (QED) is 0.361. The predicted molar refractivity (Wildman–Crippen MR) is 125 cm³/mol. The highest BCUT2D eigenvalue weighted by Gasteiger charge is 2.16. The van der Waals surface area contributed by atoms with E-state index in [1.807, 2.05) is 13.8 Å². The number of benzene rings is 1. The van der Waals surface area contributed by atoms with E-state index in [2.05, 4.69) is 46.8 Å². The largest absolute Gasteiger partial charge is 0.343 e. The zero-order valence-electron chi connectivity index (χ0n) is 17.4. The van der Waals surface area contributed by atoms with Gasteiger partial charge in [0.15, 0.2) is 0 Å². The van der Waals surface area contributed by atoms with E-state index in [1.54, 1.807) is 16.2 Å². The number of rotatable bonds is 10. The lowest BCUT2D eigenvalue weighted by molar-refractivity contribution is -0.127. The molecular weight excluding hydrogens is 436 g/mol. The zero-order chi connectivity index (χ0) is 21.5. The van der Waals surface area contributed by atoms with Crippen molar-refractivity contribution in [2.75, 3.05) is 24.7 Å². The van der Waals surface area contributed by atoms with Crippen LogP contribution >= 0.6 is 34.9 Å². The average molecular weight is 463 g/mol. The van der Waals surface area contributed by atoms with Gasteiger partial charge in [-0.2, -0.15) is 0 Å². The summed E-state index contributed by atoms with van der Waals surface area (Å²) in [5, 5.41) is 12.5. The van der Waals surface area contributed by atoms with Crippen molar-refractivity contribution in [3.63, 3.8) is 0 Å². The number of thiazole rings is 1. The van der Waals surface area contributed by atoms with Gasteiger partial charge < -0.3 is 10.7 Å². The van der Waals surface area contributed by atoms with Gasteiger partial charge in [0.2, 0.25) is 16.2 Å². The highest BCUT2D eigenvalue weighted by atomic mass is 32.2. The molecule has 0 atom stereocenters. The second-order valence-corrected chi connectivity index (χ2v) is 9.22. The fourth-order valence-electron chi connectivity index (χ4n) is 2.78. The van der Waals surface area contributed by atoms with Crippen LogP contribution in [0.2, 0.25) is 0 Å². The van der Waals surface area contributed by atoms with Crippen molar-refractivity contribution in [1.29, 1.82) is 0 Å². The predicted octanol–water partition coefficient (Wildman–Crippen LogP) is 3.93. The van der Waals surface area contributed by atoms with Gasteiger partial charge in [-0.25, -0.2) is 9.66 Å². The van der Waals surface area contributed by atoms with Gasteiger partial charge in [0.25, 0.3) is 0 Å². The molecule has 10 heteroatoms. The molecule has 2 heterocycles. The molecule has 0 spiro atoms. The Morgan fingerprint density at radius 2 is 1.77 bits per heavy atom. The third-order valence-corrected chi connectivity index (χ3v) is 7.43. The molecule has 3 aromatic rings. The van der Waals surface area contributed by atoms with E-state index in [9.17, 15) is 4.79 Å². The monoisotopic (exact) mass is 462 g/mol. The molecule has 1 amide bonds. The molecule has 160 valence electrons. The molecule has 0 bridgehead atoms. The summed E-state index contributed by atoms with van der Waals surface area (Å²) in [6.45, 7) is 7.48. The van der Waals surface area contributed by atoms with Gasteiger partial charge in [0, 0.05) is 29.8 Å². The first-order chi connectivity index (χ1) is 14.5. The summed E-state index contributed by atoms with van der Waals surface area (Å²) in [6, 6.07) is 8.53. The molecule has 0 saturated carbocycles. The van der Waals surface area contributed by atoms with Gasteiger partial charge in [-0.1, -0.05) is 54.7 Å². The lowest BCUT2D eigenvalue weighted by atomic mass is 10.1. The topological polar surface area (TPSA) is 89.9 Å². The first-order valence-corrected chi connectivity index (χ1v) is 12.7. The summed E-state index contributed by atoms with van der Waals surface area (Å²) in [6.07, 6.45) is 1.03. The van der Waals surface area contributed by atoms with Crippen LogP contribution in [-0.4, -0.2) is 49.5 Å². The van der Waals surface area contributed by atoms with Crippen molar-refractivity contribution in [3.8, 4) is 10.6 Å². The van der Waals surface area contributed by atoms with E-state index in [1.165, 1.54) is 33.8 Å². The molecule has 7 nitrogen and oxygen atoms in total. The number of hydrogen-bond donors (Lipinski definition) is 1. The number of aromatic nitrogens is 4. The number of nitrogens with zero attached hydrogens (tertiary/aromatic N) is 5.